The number of ether oxygens (including phenoxy) is 1. The maximum absolute atomic E-state index is 12.5. The second-order valence-corrected chi connectivity index (χ2v) is 8.38. The van der Waals surface area contributed by atoms with Crippen molar-refractivity contribution >= 4 is 37.7 Å². The predicted octanol–water partition coefficient (Wildman–Crippen LogP) is 3.26. The van der Waals surface area contributed by atoms with Crippen LogP contribution in [0.25, 0.3) is 21.7 Å². The van der Waals surface area contributed by atoms with Crippen LogP contribution in [0.3, 0.4) is 0 Å². The summed E-state index contributed by atoms with van der Waals surface area (Å²) in [5.41, 5.74) is 0.786. The van der Waals surface area contributed by atoms with Crippen LogP contribution in [0.2, 0.25) is 0 Å². The third kappa shape index (κ3) is 3.70. The molecule has 7 nitrogen and oxygen atoms in total. The van der Waals surface area contributed by atoms with Crippen LogP contribution in [0.15, 0.2) is 74.8 Å². The van der Waals surface area contributed by atoms with Gasteiger partial charge in [-0.2, -0.15) is 0 Å². The van der Waals surface area contributed by atoms with E-state index in [4.69, 9.17) is 14.3 Å². The van der Waals surface area contributed by atoms with E-state index < -0.39 is 21.6 Å². The fourth-order valence-electron chi connectivity index (χ4n) is 3.39. The molecule has 0 amide bonds. The molecule has 4 aromatic rings. The molecule has 0 aliphatic heterocycles. The summed E-state index contributed by atoms with van der Waals surface area (Å²) in [7, 11) is -3.98. The standard InChI is InChI=1S/C22H17NO6S/c1-13-6-7-15(10-19(13)30(23,26)27)22(25)28-12-16-11-20(24)29-18-9-8-14-4-2-3-5-17(14)21(16)18/h2-11H,12H2,1H3,(H2,23,26,27). The highest BCUT2D eigenvalue weighted by Crippen LogP contribution is 2.28. The van der Waals surface area contributed by atoms with Crippen molar-refractivity contribution in [2.24, 2.45) is 5.14 Å². The van der Waals surface area contributed by atoms with Crippen molar-refractivity contribution in [3.8, 4) is 0 Å². The first-order valence-corrected chi connectivity index (χ1v) is 10.5. The van der Waals surface area contributed by atoms with E-state index in [-0.39, 0.29) is 17.1 Å². The van der Waals surface area contributed by atoms with E-state index in [0.717, 1.165) is 10.8 Å². The maximum Gasteiger partial charge on any atom is 0.338 e. The molecule has 0 radical (unpaired) electrons. The molecule has 30 heavy (non-hydrogen) atoms. The van der Waals surface area contributed by atoms with Crippen LogP contribution in [-0.2, 0) is 21.4 Å². The van der Waals surface area contributed by atoms with Crippen molar-refractivity contribution in [1.29, 1.82) is 0 Å². The van der Waals surface area contributed by atoms with Gasteiger partial charge in [0.2, 0.25) is 10.0 Å². The fourth-order valence-corrected chi connectivity index (χ4v) is 4.20. The molecular weight excluding hydrogens is 406 g/mol. The van der Waals surface area contributed by atoms with Crippen molar-refractivity contribution in [2.75, 3.05) is 0 Å². The Morgan fingerprint density at radius 1 is 1.07 bits per heavy atom. The zero-order chi connectivity index (χ0) is 21.5. The molecule has 1 heterocycles. The fraction of sp³-hybridized carbons (Fsp3) is 0.0909. The van der Waals surface area contributed by atoms with Gasteiger partial charge in [0.15, 0.2) is 0 Å². The number of nitrogens with two attached hydrogens (primary N) is 1. The van der Waals surface area contributed by atoms with Gasteiger partial charge in [-0.25, -0.2) is 23.1 Å². The van der Waals surface area contributed by atoms with Crippen LogP contribution >= 0.6 is 0 Å². The molecule has 8 heteroatoms. The lowest BCUT2D eigenvalue weighted by atomic mass is 10.0. The monoisotopic (exact) mass is 423 g/mol. The van der Waals surface area contributed by atoms with Gasteiger partial charge in [-0.15, -0.1) is 0 Å². The molecule has 1 aromatic heterocycles. The van der Waals surface area contributed by atoms with Crippen molar-refractivity contribution in [3.63, 3.8) is 0 Å². The molecule has 4 rings (SSSR count). The van der Waals surface area contributed by atoms with Gasteiger partial charge in [-0.1, -0.05) is 36.4 Å². The average Bonchev–Trinajstić information content (AvgIpc) is 2.70. The lowest BCUT2D eigenvalue weighted by Crippen LogP contribution is -2.15. The Bertz CT molecular complexity index is 1470. The predicted molar refractivity (Wildman–Crippen MR) is 112 cm³/mol. The first kappa shape index (κ1) is 19.8. The first-order valence-electron chi connectivity index (χ1n) is 8.99. The quantitative estimate of drug-likeness (QED) is 0.306. The number of carbonyl (C=O) groups is 1. The Labute approximate surface area is 171 Å². The van der Waals surface area contributed by atoms with E-state index in [0.29, 0.717) is 22.1 Å². The molecule has 0 bridgehead atoms. The van der Waals surface area contributed by atoms with E-state index in [1.54, 1.807) is 13.0 Å². The molecule has 152 valence electrons. The number of fused-ring (bicyclic) bond motifs is 3. The molecule has 0 aliphatic carbocycles. The Kier molecular flexibility index (Phi) is 4.89. The highest BCUT2D eigenvalue weighted by molar-refractivity contribution is 7.89. The van der Waals surface area contributed by atoms with E-state index >= 15 is 0 Å². The number of hydrogen-bond donors (Lipinski definition) is 1. The van der Waals surface area contributed by atoms with Gasteiger partial charge in [0, 0.05) is 17.0 Å². The summed E-state index contributed by atoms with van der Waals surface area (Å²) in [6.07, 6.45) is 0. The molecular formula is C22H17NO6S. The molecule has 2 N–H and O–H groups in total. The summed E-state index contributed by atoms with van der Waals surface area (Å²) in [5.74, 6) is -0.735. The largest absolute Gasteiger partial charge is 0.457 e. The molecule has 0 saturated heterocycles. The van der Waals surface area contributed by atoms with Crippen LogP contribution in [0.1, 0.15) is 21.5 Å². The zero-order valence-corrected chi connectivity index (χ0v) is 16.7. The summed E-state index contributed by atoms with van der Waals surface area (Å²) < 4.78 is 34.1. The minimum atomic E-state index is -3.98. The molecule has 3 aromatic carbocycles. The second kappa shape index (κ2) is 7.40. The highest BCUT2D eigenvalue weighted by Gasteiger charge is 2.17. The highest BCUT2D eigenvalue weighted by atomic mass is 32.2. The van der Waals surface area contributed by atoms with Gasteiger partial charge in [-0.05, 0) is 41.5 Å². The number of rotatable bonds is 4. The number of carbonyl (C=O) groups excluding carboxylic acids is 1. The van der Waals surface area contributed by atoms with Crippen molar-refractivity contribution < 1.29 is 22.4 Å². The Hall–Kier alpha value is -3.49. The lowest BCUT2D eigenvalue weighted by molar-refractivity contribution is 0.0473. The summed E-state index contributed by atoms with van der Waals surface area (Å²) in [5, 5.41) is 7.68. The van der Waals surface area contributed by atoms with Gasteiger partial charge in [-0.3, -0.25) is 0 Å². The Morgan fingerprint density at radius 3 is 2.60 bits per heavy atom. The Morgan fingerprint density at radius 2 is 1.83 bits per heavy atom. The first-order chi connectivity index (χ1) is 14.2. The average molecular weight is 423 g/mol. The third-order valence-electron chi connectivity index (χ3n) is 4.80. The van der Waals surface area contributed by atoms with Crippen LogP contribution in [0, 0.1) is 6.92 Å². The summed E-state index contributed by atoms with van der Waals surface area (Å²) in [6.45, 7) is 1.39. The minimum absolute atomic E-state index is 0.0433. The zero-order valence-electron chi connectivity index (χ0n) is 15.9. The van der Waals surface area contributed by atoms with Crippen molar-refractivity contribution in [3.05, 3.63) is 87.8 Å². The minimum Gasteiger partial charge on any atom is -0.457 e. The smallest absolute Gasteiger partial charge is 0.338 e. The number of sulfonamides is 1. The SMILES string of the molecule is Cc1ccc(C(=O)OCc2cc(=O)oc3ccc4ccccc4c23)cc1S(N)(=O)=O. The topological polar surface area (TPSA) is 117 Å². The van der Waals surface area contributed by atoms with Gasteiger partial charge in [0.05, 0.1) is 10.5 Å². The van der Waals surface area contributed by atoms with Crippen molar-refractivity contribution in [1.82, 2.24) is 0 Å². The van der Waals surface area contributed by atoms with Crippen LogP contribution in [0.4, 0.5) is 0 Å². The van der Waals surface area contributed by atoms with Gasteiger partial charge < -0.3 is 9.15 Å². The van der Waals surface area contributed by atoms with E-state index in [1.165, 1.54) is 24.3 Å². The van der Waals surface area contributed by atoms with Gasteiger partial charge in [0.25, 0.3) is 0 Å². The normalized spacial score (nSPS) is 11.7. The lowest BCUT2D eigenvalue weighted by Gasteiger charge is -2.10. The van der Waals surface area contributed by atoms with Crippen LogP contribution in [-0.4, -0.2) is 14.4 Å². The third-order valence-corrected chi connectivity index (χ3v) is 5.86. The number of aryl methyl sites for hydroxylation is 1. The summed E-state index contributed by atoms with van der Waals surface area (Å²) in [4.78, 5) is 24.3. The molecule has 0 aliphatic rings. The summed E-state index contributed by atoms with van der Waals surface area (Å²) in [6, 6.07) is 16.5. The van der Waals surface area contributed by atoms with Crippen LogP contribution in [0.5, 0.6) is 0 Å². The van der Waals surface area contributed by atoms with E-state index in [2.05, 4.69) is 0 Å². The molecule has 0 unspecified atom stereocenters. The number of primary sulfonamides is 1. The van der Waals surface area contributed by atoms with Gasteiger partial charge >= 0.3 is 11.6 Å². The Balaban J connectivity index is 1.71. The number of esters is 1. The molecule has 0 spiro atoms. The molecule has 0 fully saturated rings. The molecule has 0 saturated carbocycles. The summed E-state index contributed by atoms with van der Waals surface area (Å²) >= 11 is 0. The second-order valence-electron chi connectivity index (χ2n) is 6.85. The van der Waals surface area contributed by atoms with E-state index in [9.17, 15) is 18.0 Å². The number of hydrogen-bond acceptors (Lipinski definition) is 6. The number of benzene rings is 3. The maximum atomic E-state index is 12.5. The van der Waals surface area contributed by atoms with Gasteiger partial charge in [0.1, 0.15) is 12.2 Å². The molecule has 0 atom stereocenters. The van der Waals surface area contributed by atoms with Crippen LogP contribution < -0.4 is 10.8 Å². The van der Waals surface area contributed by atoms with Crippen molar-refractivity contribution in [2.45, 2.75) is 18.4 Å². The van der Waals surface area contributed by atoms with E-state index in [1.807, 2.05) is 30.3 Å².